The first-order valence-electron chi connectivity index (χ1n) is 8.20. The summed E-state index contributed by atoms with van der Waals surface area (Å²) in [6, 6.07) is 8.98. The summed E-state index contributed by atoms with van der Waals surface area (Å²) in [6.07, 6.45) is 6.54. The molecule has 3 rings (SSSR count). The van der Waals surface area contributed by atoms with E-state index in [1.165, 1.54) is 35.7 Å². The molecule has 21 heavy (non-hydrogen) atoms. The molecule has 0 radical (unpaired) electrons. The summed E-state index contributed by atoms with van der Waals surface area (Å²) in [7, 11) is 0. The number of benzene rings is 1. The Labute approximate surface area is 127 Å². The van der Waals surface area contributed by atoms with Crippen LogP contribution in [0.4, 0.5) is 0 Å². The van der Waals surface area contributed by atoms with Crippen LogP contribution < -0.4 is 5.32 Å². The van der Waals surface area contributed by atoms with Gasteiger partial charge in [-0.05, 0) is 55.8 Å². The summed E-state index contributed by atoms with van der Waals surface area (Å²) in [5, 5.41) is 4.79. The third-order valence-electron chi connectivity index (χ3n) is 4.31. The van der Waals surface area contributed by atoms with Crippen LogP contribution in [0.25, 0.3) is 10.9 Å². The lowest BCUT2D eigenvalue weighted by Crippen LogP contribution is -2.16. The maximum atomic E-state index is 5.96. The molecule has 1 aliphatic heterocycles. The van der Waals surface area contributed by atoms with Gasteiger partial charge in [0.05, 0.1) is 12.2 Å². The molecule has 1 saturated heterocycles. The number of ether oxygens (including phenoxy) is 1. The van der Waals surface area contributed by atoms with Crippen molar-refractivity contribution in [3.05, 3.63) is 36.0 Å². The Kier molecular flexibility index (Phi) is 4.61. The van der Waals surface area contributed by atoms with Crippen molar-refractivity contribution in [3.8, 4) is 0 Å². The van der Waals surface area contributed by atoms with E-state index in [1.807, 2.05) is 0 Å². The molecule has 2 aromatic rings. The average Bonchev–Trinajstić information content (AvgIpc) is 3.07. The third-order valence-corrected chi connectivity index (χ3v) is 4.31. The van der Waals surface area contributed by atoms with E-state index in [0.717, 1.165) is 19.6 Å². The van der Waals surface area contributed by atoms with Gasteiger partial charge in [-0.1, -0.05) is 19.1 Å². The minimum atomic E-state index is 0.373. The van der Waals surface area contributed by atoms with Gasteiger partial charge in [0, 0.05) is 24.8 Å². The normalized spacial score (nSPS) is 22.2. The highest BCUT2D eigenvalue weighted by Crippen LogP contribution is 2.24. The van der Waals surface area contributed by atoms with Gasteiger partial charge in [-0.25, -0.2) is 0 Å². The SMILES string of the molecule is CCCNCc1ccc2ccn(CC3CCC(C)O3)c2c1. The summed E-state index contributed by atoms with van der Waals surface area (Å²) in [5.41, 5.74) is 2.69. The van der Waals surface area contributed by atoms with Crippen molar-refractivity contribution in [2.24, 2.45) is 0 Å². The van der Waals surface area contributed by atoms with Gasteiger partial charge in [0.25, 0.3) is 0 Å². The molecule has 1 aromatic carbocycles. The van der Waals surface area contributed by atoms with E-state index in [9.17, 15) is 0 Å². The van der Waals surface area contributed by atoms with Gasteiger partial charge in [0.15, 0.2) is 0 Å². The highest BCUT2D eigenvalue weighted by Gasteiger charge is 2.22. The van der Waals surface area contributed by atoms with E-state index < -0.39 is 0 Å². The summed E-state index contributed by atoms with van der Waals surface area (Å²) in [6.45, 7) is 7.37. The Hall–Kier alpha value is -1.32. The minimum absolute atomic E-state index is 0.373. The van der Waals surface area contributed by atoms with Gasteiger partial charge in [-0.3, -0.25) is 0 Å². The number of fused-ring (bicyclic) bond motifs is 1. The van der Waals surface area contributed by atoms with Crippen LogP contribution in [0.3, 0.4) is 0 Å². The smallest absolute Gasteiger partial charge is 0.0758 e. The monoisotopic (exact) mass is 286 g/mol. The molecule has 2 unspecified atom stereocenters. The zero-order valence-electron chi connectivity index (χ0n) is 13.1. The molecule has 0 spiro atoms. The maximum Gasteiger partial charge on any atom is 0.0758 e. The standard InChI is InChI=1S/C18H26N2O/c1-3-9-19-12-15-5-6-16-8-10-20(18(16)11-15)13-17-7-4-14(2)21-17/h5-6,8,10-11,14,17,19H,3-4,7,9,12-13H2,1-2H3. The lowest BCUT2D eigenvalue weighted by molar-refractivity contribution is 0.0465. The molecule has 0 bridgehead atoms. The van der Waals surface area contributed by atoms with E-state index in [2.05, 4.69) is 54.2 Å². The van der Waals surface area contributed by atoms with Crippen molar-refractivity contribution in [3.63, 3.8) is 0 Å². The predicted molar refractivity (Wildman–Crippen MR) is 87.5 cm³/mol. The first-order chi connectivity index (χ1) is 10.3. The van der Waals surface area contributed by atoms with Crippen molar-refractivity contribution in [2.45, 2.75) is 58.4 Å². The molecule has 1 fully saturated rings. The minimum Gasteiger partial charge on any atom is -0.373 e. The molecule has 2 heterocycles. The molecule has 1 N–H and O–H groups in total. The van der Waals surface area contributed by atoms with Crippen LogP contribution in [-0.4, -0.2) is 23.3 Å². The molecular formula is C18H26N2O. The van der Waals surface area contributed by atoms with Crippen LogP contribution >= 0.6 is 0 Å². The Morgan fingerprint density at radius 1 is 1.29 bits per heavy atom. The van der Waals surface area contributed by atoms with Gasteiger partial charge in [-0.15, -0.1) is 0 Å². The summed E-state index contributed by atoms with van der Waals surface area (Å²) in [5.74, 6) is 0. The Morgan fingerprint density at radius 2 is 2.19 bits per heavy atom. The van der Waals surface area contributed by atoms with Crippen LogP contribution in [0.2, 0.25) is 0 Å². The third kappa shape index (κ3) is 3.47. The Morgan fingerprint density at radius 3 is 2.95 bits per heavy atom. The molecular weight excluding hydrogens is 260 g/mol. The van der Waals surface area contributed by atoms with Crippen molar-refractivity contribution >= 4 is 10.9 Å². The number of hydrogen-bond acceptors (Lipinski definition) is 2. The molecule has 3 nitrogen and oxygen atoms in total. The van der Waals surface area contributed by atoms with Gasteiger partial charge < -0.3 is 14.6 Å². The van der Waals surface area contributed by atoms with Gasteiger partial charge in [0.2, 0.25) is 0 Å². The molecule has 0 amide bonds. The topological polar surface area (TPSA) is 26.2 Å². The van der Waals surface area contributed by atoms with Crippen molar-refractivity contribution in [1.29, 1.82) is 0 Å². The number of hydrogen-bond donors (Lipinski definition) is 1. The highest BCUT2D eigenvalue weighted by atomic mass is 16.5. The molecule has 2 atom stereocenters. The second kappa shape index (κ2) is 6.63. The fourth-order valence-electron chi connectivity index (χ4n) is 3.15. The van der Waals surface area contributed by atoms with Crippen LogP contribution in [0.1, 0.15) is 38.7 Å². The fourth-order valence-corrected chi connectivity index (χ4v) is 3.15. The van der Waals surface area contributed by atoms with Gasteiger partial charge in [0.1, 0.15) is 0 Å². The van der Waals surface area contributed by atoms with E-state index in [-0.39, 0.29) is 0 Å². The lowest BCUT2D eigenvalue weighted by atomic mass is 10.1. The lowest BCUT2D eigenvalue weighted by Gasteiger charge is -2.13. The molecule has 0 aliphatic carbocycles. The summed E-state index contributed by atoms with van der Waals surface area (Å²) >= 11 is 0. The van der Waals surface area contributed by atoms with E-state index in [1.54, 1.807) is 0 Å². The molecule has 1 aliphatic rings. The number of nitrogens with zero attached hydrogens (tertiary/aromatic N) is 1. The Bertz CT molecular complexity index is 590. The average molecular weight is 286 g/mol. The largest absolute Gasteiger partial charge is 0.373 e. The maximum absolute atomic E-state index is 5.96. The van der Waals surface area contributed by atoms with Crippen molar-refractivity contribution < 1.29 is 4.74 Å². The van der Waals surface area contributed by atoms with Crippen LogP contribution in [0, 0.1) is 0 Å². The van der Waals surface area contributed by atoms with E-state index >= 15 is 0 Å². The summed E-state index contributed by atoms with van der Waals surface area (Å²) in [4.78, 5) is 0. The number of rotatable bonds is 6. The van der Waals surface area contributed by atoms with Gasteiger partial charge in [-0.2, -0.15) is 0 Å². The first kappa shape index (κ1) is 14.6. The summed E-state index contributed by atoms with van der Waals surface area (Å²) < 4.78 is 8.31. The molecule has 114 valence electrons. The molecule has 1 aromatic heterocycles. The van der Waals surface area contributed by atoms with Crippen molar-refractivity contribution in [1.82, 2.24) is 9.88 Å². The number of nitrogens with one attached hydrogen (secondary N) is 1. The fraction of sp³-hybridized carbons (Fsp3) is 0.556. The van der Waals surface area contributed by atoms with Gasteiger partial charge >= 0.3 is 0 Å². The highest BCUT2D eigenvalue weighted by molar-refractivity contribution is 5.80. The first-order valence-corrected chi connectivity index (χ1v) is 8.20. The van der Waals surface area contributed by atoms with Crippen LogP contribution in [0.5, 0.6) is 0 Å². The second-order valence-corrected chi connectivity index (χ2v) is 6.18. The van der Waals surface area contributed by atoms with Crippen LogP contribution in [0.15, 0.2) is 30.5 Å². The second-order valence-electron chi connectivity index (χ2n) is 6.18. The quantitative estimate of drug-likeness (QED) is 0.819. The van der Waals surface area contributed by atoms with E-state index in [0.29, 0.717) is 12.2 Å². The molecule has 0 saturated carbocycles. The zero-order valence-corrected chi connectivity index (χ0v) is 13.1. The zero-order chi connectivity index (χ0) is 14.7. The van der Waals surface area contributed by atoms with Crippen molar-refractivity contribution in [2.75, 3.05) is 6.54 Å². The Balaban J connectivity index is 1.74. The number of aromatic nitrogens is 1. The molecule has 3 heteroatoms. The van der Waals surface area contributed by atoms with E-state index in [4.69, 9.17) is 4.74 Å². The van der Waals surface area contributed by atoms with Crippen LogP contribution in [-0.2, 0) is 17.8 Å². The predicted octanol–water partition coefficient (Wildman–Crippen LogP) is 3.71.